The molecule has 2 N–H and O–H groups in total. The number of aryl methyl sites for hydroxylation is 2. The zero-order chi connectivity index (χ0) is 17.9. The van der Waals surface area contributed by atoms with E-state index >= 15 is 0 Å². The van der Waals surface area contributed by atoms with Gasteiger partial charge in [-0.05, 0) is 50.1 Å². The third kappa shape index (κ3) is 4.45. The van der Waals surface area contributed by atoms with Gasteiger partial charge in [0.1, 0.15) is 6.04 Å². The molecule has 0 aliphatic rings. The summed E-state index contributed by atoms with van der Waals surface area (Å²) in [5.74, 6) is -0.287. The molecule has 0 aliphatic heterocycles. The Labute approximate surface area is 145 Å². The fourth-order valence-corrected chi connectivity index (χ4v) is 2.56. The van der Waals surface area contributed by atoms with E-state index in [2.05, 4.69) is 10.6 Å². The van der Waals surface area contributed by atoms with Gasteiger partial charge in [-0.25, -0.2) is 0 Å². The number of halogens is 1. The fraction of sp³-hybridized carbons (Fsp3) is 0.235. The molecule has 1 atom stereocenters. The molecule has 2 rings (SSSR count). The van der Waals surface area contributed by atoms with Crippen molar-refractivity contribution in [2.75, 3.05) is 10.6 Å². The van der Waals surface area contributed by atoms with Gasteiger partial charge in [0.25, 0.3) is 5.69 Å². The van der Waals surface area contributed by atoms with Crippen LogP contribution in [0.15, 0.2) is 36.4 Å². The highest BCUT2D eigenvalue weighted by atomic mass is 35.5. The molecule has 2 aromatic carbocycles. The van der Waals surface area contributed by atoms with E-state index in [0.717, 1.165) is 16.8 Å². The Balaban J connectivity index is 2.07. The van der Waals surface area contributed by atoms with Crippen molar-refractivity contribution in [3.63, 3.8) is 0 Å². The molecule has 0 bridgehead atoms. The SMILES string of the molecule is Cc1cc(C)cc(NC(C)C(=O)Nc2ccc([N+](=O)[O-])cc2Cl)c1. The van der Waals surface area contributed by atoms with E-state index < -0.39 is 11.0 Å². The van der Waals surface area contributed by atoms with Crippen LogP contribution in [0.3, 0.4) is 0 Å². The number of carbonyl (C=O) groups excluding carboxylic acids is 1. The van der Waals surface area contributed by atoms with Crippen LogP contribution in [0.4, 0.5) is 17.1 Å². The monoisotopic (exact) mass is 347 g/mol. The molecule has 0 saturated carbocycles. The Kier molecular flexibility index (Phi) is 5.41. The second kappa shape index (κ2) is 7.31. The second-order valence-corrected chi connectivity index (χ2v) is 6.06. The molecule has 0 fully saturated rings. The second-order valence-electron chi connectivity index (χ2n) is 5.65. The summed E-state index contributed by atoms with van der Waals surface area (Å²) in [6, 6.07) is 9.38. The van der Waals surface area contributed by atoms with Crippen molar-refractivity contribution >= 4 is 34.6 Å². The molecule has 1 unspecified atom stereocenters. The Morgan fingerprint density at radius 2 is 1.79 bits per heavy atom. The van der Waals surface area contributed by atoms with Crippen molar-refractivity contribution in [1.82, 2.24) is 0 Å². The minimum Gasteiger partial charge on any atom is -0.374 e. The van der Waals surface area contributed by atoms with Crippen LogP contribution in [0.2, 0.25) is 5.02 Å². The van der Waals surface area contributed by atoms with E-state index in [0.29, 0.717) is 5.69 Å². The van der Waals surface area contributed by atoms with Crippen LogP contribution in [0.25, 0.3) is 0 Å². The molecule has 6 nitrogen and oxygen atoms in total. The highest BCUT2D eigenvalue weighted by molar-refractivity contribution is 6.34. The Hall–Kier alpha value is -2.60. The van der Waals surface area contributed by atoms with Crippen LogP contribution in [0, 0.1) is 24.0 Å². The molecule has 0 radical (unpaired) electrons. The maximum absolute atomic E-state index is 12.3. The average molecular weight is 348 g/mol. The Morgan fingerprint density at radius 3 is 2.33 bits per heavy atom. The molecule has 0 aromatic heterocycles. The molecule has 0 aliphatic carbocycles. The topological polar surface area (TPSA) is 84.3 Å². The summed E-state index contributed by atoms with van der Waals surface area (Å²) >= 11 is 5.98. The molecular formula is C17H18ClN3O3. The van der Waals surface area contributed by atoms with E-state index in [4.69, 9.17) is 11.6 Å². The van der Waals surface area contributed by atoms with E-state index in [1.807, 2.05) is 32.0 Å². The van der Waals surface area contributed by atoms with Gasteiger partial charge in [0, 0.05) is 17.8 Å². The summed E-state index contributed by atoms with van der Waals surface area (Å²) in [6.07, 6.45) is 0. The van der Waals surface area contributed by atoms with Crippen LogP contribution >= 0.6 is 11.6 Å². The van der Waals surface area contributed by atoms with Crippen molar-refractivity contribution in [2.45, 2.75) is 26.8 Å². The Morgan fingerprint density at radius 1 is 1.17 bits per heavy atom. The van der Waals surface area contributed by atoms with Crippen LogP contribution < -0.4 is 10.6 Å². The summed E-state index contributed by atoms with van der Waals surface area (Å²) < 4.78 is 0. The van der Waals surface area contributed by atoms with E-state index in [1.54, 1.807) is 6.92 Å². The minimum atomic E-state index is -0.540. The van der Waals surface area contributed by atoms with Crippen molar-refractivity contribution in [2.24, 2.45) is 0 Å². The van der Waals surface area contributed by atoms with Gasteiger partial charge in [-0.1, -0.05) is 17.7 Å². The maximum Gasteiger partial charge on any atom is 0.271 e. The van der Waals surface area contributed by atoms with Gasteiger partial charge >= 0.3 is 0 Å². The summed E-state index contributed by atoms with van der Waals surface area (Å²) in [7, 11) is 0. The third-order valence-electron chi connectivity index (χ3n) is 3.42. The normalized spacial score (nSPS) is 11.7. The van der Waals surface area contributed by atoms with Crippen molar-refractivity contribution in [1.29, 1.82) is 0 Å². The smallest absolute Gasteiger partial charge is 0.271 e. The van der Waals surface area contributed by atoms with Gasteiger partial charge in [0.2, 0.25) is 5.91 Å². The molecular weight excluding hydrogens is 330 g/mol. The van der Waals surface area contributed by atoms with Gasteiger partial charge < -0.3 is 10.6 Å². The number of carbonyl (C=O) groups is 1. The minimum absolute atomic E-state index is 0.121. The lowest BCUT2D eigenvalue weighted by atomic mass is 10.1. The zero-order valence-electron chi connectivity index (χ0n) is 13.6. The summed E-state index contributed by atoms with van der Waals surface area (Å²) in [5, 5.41) is 16.6. The molecule has 126 valence electrons. The summed E-state index contributed by atoms with van der Waals surface area (Å²) in [4.78, 5) is 22.5. The van der Waals surface area contributed by atoms with Crippen LogP contribution in [-0.4, -0.2) is 16.9 Å². The highest BCUT2D eigenvalue weighted by Gasteiger charge is 2.16. The lowest BCUT2D eigenvalue weighted by Gasteiger charge is -2.16. The average Bonchev–Trinajstić information content (AvgIpc) is 2.47. The number of benzene rings is 2. The van der Waals surface area contributed by atoms with Crippen molar-refractivity contribution in [3.05, 3.63) is 62.7 Å². The molecule has 7 heteroatoms. The first-order valence-electron chi connectivity index (χ1n) is 7.36. The standard InChI is InChI=1S/C17H18ClN3O3/c1-10-6-11(2)8-13(7-10)19-12(3)17(22)20-16-5-4-14(21(23)24)9-15(16)18/h4-9,12,19H,1-3H3,(H,20,22). The predicted molar refractivity (Wildman–Crippen MR) is 95.7 cm³/mol. The lowest BCUT2D eigenvalue weighted by molar-refractivity contribution is -0.384. The number of hydrogen-bond acceptors (Lipinski definition) is 4. The maximum atomic E-state index is 12.3. The molecule has 1 amide bonds. The Bertz CT molecular complexity index is 772. The number of nitro benzene ring substituents is 1. The first kappa shape index (κ1) is 17.7. The first-order chi connectivity index (χ1) is 11.3. The summed E-state index contributed by atoms with van der Waals surface area (Å²) in [6.45, 7) is 5.70. The molecule has 0 spiro atoms. The zero-order valence-corrected chi connectivity index (χ0v) is 14.3. The summed E-state index contributed by atoms with van der Waals surface area (Å²) in [5.41, 5.74) is 3.26. The molecule has 24 heavy (non-hydrogen) atoms. The number of rotatable bonds is 5. The van der Waals surface area contributed by atoms with Crippen LogP contribution in [0.5, 0.6) is 0 Å². The van der Waals surface area contributed by atoms with Gasteiger partial charge in [-0.3, -0.25) is 14.9 Å². The number of non-ortho nitro benzene ring substituents is 1. The first-order valence-corrected chi connectivity index (χ1v) is 7.73. The molecule has 0 saturated heterocycles. The van der Waals surface area contributed by atoms with Crippen molar-refractivity contribution in [3.8, 4) is 0 Å². The number of hydrogen-bond donors (Lipinski definition) is 2. The molecule has 0 heterocycles. The van der Waals surface area contributed by atoms with Gasteiger partial charge in [0.15, 0.2) is 0 Å². The van der Waals surface area contributed by atoms with Gasteiger partial charge in [0.05, 0.1) is 15.6 Å². The van der Waals surface area contributed by atoms with E-state index in [-0.39, 0.29) is 16.6 Å². The number of anilines is 2. The number of amides is 1. The van der Waals surface area contributed by atoms with Gasteiger partial charge in [-0.15, -0.1) is 0 Å². The lowest BCUT2D eigenvalue weighted by Crippen LogP contribution is -2.32. The van der Waals surface area contributed by atoms with Crippen molar-refractivity contribution < 1.29 is 9.72 Å². The van der Waals surface area contributed by atoms with Gasteiger partial charge in [-0.2, -0.15) is 0 Å². The molecule has 2 aromatic rings. The number of nitrogens with one attached hydrogen (secondary N) is 2. The number of nitrogens with zero attached hydrogens (tertiary/aromatic N) is 1. The number of nitro groups is 1. The third-order valence-corrected chi connectivity index (χ3v) is 3.73. The van der Waals surface area contributed by atoms with E-state index in [9.17, 15) is 14.9 Å². The predicted octanol–water partition coefficient (Wildman–Crippen LogP) is 4.30. The largest absolute Gasteiger partial charge is 0.374 e. The fourth-order valence-electron chi connectivity index (χ4n) is 2.33. The van der Waals surface area contributed by atoms with Crippen LogP contribution in [0.1, 0.15) is 18.1 Å². The van der Waals surface area contributed by atoms with E-state index in [1.165, 1.54) is 18.2 Å². The highest BCUT2D eigenvalue weighted by Crippen LogP contribution is 2.26. The quantitative estimate of drug-likeness (QED) is 0.623. The van der Waals surface area contributed by atoms with Crippen LogP contribution in [-0.2, 0) is 4.79 Å².